The van der Waals surface area contributed by atoms with Crippen LogP contribution in [0.25, 0.3) is 0 Å². The van der Waals surface area contributed by atoms with E-state index in [9.17, 15) is 5.11 Å². The molecule has 16 heavy (non-hydrogen) atoms. The predicted molar refractivity (Wildman–Crippen MR) is 66.6 cm³/mol. The maximum atomic E-state index is 9.63. The number of rotatable bonds is 7. The van der Waals surface area contributed by atoms with Crippen molar-refractivity contribution in [3.63, 3.8) is 0 Å². The molecule has 3 nitrogen and oxygen atoms in total. The molecule has 0 bridgehead atoms. The van der Waals surface area contributed by atoms with E-state index in [1.165, 1.54) is 12.8 Å². The second kappa shape index (κ2) is 7.25. The van der Waals surface area contributed by atoms with E-state index in [1.54, 1.807) is 0 Å². The van der Waals surface area contributed by atoms with Gasteiger partial charge >= 0.3 is 0 Å². The molecule has 0 aromatic heterocycles. The molecule has 0 radical (unpaired) electrons. The maximum Gasteiger partial charge on any atom is 0.0501 e. The van der Waals surface area contributed by atoms with Crippen LogP contribution in [0, 0.1) is 5.41 Å². The average Bonchev–Trinajstić information content (AvgIpc) is 2.35. The van der Waals surface area contributed by atoms with E-state index in [-0.39, 0.29) is 5.41 Å². The third-order valence-corrected chi connectivity index (χ3v) is 3.72. The quantitative estimate of drug-likeness (QED) is 0.723. The highest BCUT2D eigenvalue weighted by Gasteiger charge is 2.33. The summed E-state index contributed by atoms with van der Waals surface area (Å²) in [5.41, 5.74) is 0.0992. The Kier molecular flexibility index (Phi) is 6.32. The van der Waals surface area contributed by atoms with Crippen LogP contribution < -0.4 is 0 Å². The molecular formula is C13H27NO2. The zero-order valence-electron chi connectivity index (χ0n) is 10.9. The number of nitrogens with zero attached hydrogens (tertiary/aromatic N) is 1. The minimum atomic E-state index is 0.0992. The molecule has 1 aliphatic heterocycles. The van der Waals surface area contributed by atoms with E-state index >= 15 is 0 Å². The Hall–Kier alpha value is -0.120. The highest BCUT2D eigenvalue weighted by molar-refractivity contribution is 4.84. The third kappa shape index (κ3) is 4.04. The Bertz CT molecular complexity index is 179. The third-order valence-electron chi connectivity index (χ3n) is 3.72. The molecule has 1 aliphatic rings. The lowest BCUT2D eigenvalue weighted by atomic mass is 9.80. The van der Waals surface area contributed by atoms with Crippen molar-refractivity contribution in [2.45, 2.75) is 39.5 Å². The molecule has 1 saturated heterocycles. The summed E-state index contributed by atoms with van der Waals surface area (Å²) < 4.78 is 5.39. The van der Waals surface area contributed by atoms with Crippen LogP contribution in [0.15, 0.2) is 0 Å². The summed E-state index contributed by atoms with van der Waals surface area (Å²) in [7, 11) is 0. The van der Waals surface area contributed by atoms with E-state index in [4.69, 9.17) is 4.74 Å². The summed E-state index contributed by atoms with van der Waals surface area (Å²) in [4.78, 5) is 2.48. The predicted octanol–water partition coefficient (Wildman–Crippen LogP) is 1.90. The summed E-state index contributed by atoms with van der Waals surface area (Å²) in [6, 6.07) is 0. The van der Waals surface area contributed by atoms with Crippen LogP contribution >= 0.6 is 0 Å². The molecule has 0 aromatic carbocycles. The summed E-state index contributed by atoms with van der Waals surface area (Å²) in [6.07, 6.45) is 4.51. The Balaban J connectivity index is 2.45. The molecular weight excluding hydrogens is 202 g/mol. The largest absolute Gasteiger partial charge is 0.396 e. The van der Waals surface area contributed by atoms with Crippen molar-refractivity contribution >= 4 is 0 Å². The lowest BCUT2D eigenvalue weighted by Gasteiger charge is -2.39. The molecule has 0 atom stereocenters. The van der Waals surface area contributed by atoms with E-state index < -0.39 is 0 Å². The first-order chi connectivity index (χ1) is 7.76. The van der Waals surface area contributed by atoms with Gasteiger partial charge in [0, 0.05) is 25.2 Å². The molecule has 0 saturated carbocycles. The fourth-order valence-corrected chi connectivity index (χ4v) is 2.38. The number of aliphatic hydroxyl groups is 1. The first kappa shape index (κ1) is 13.9. The van der Waals surface area contributed by atoms with Gasteiger partial charge in [0.2, 0.25) is 0 Å². The normalized spacial score (nSPS) is 20.2. The first-order valence-corrected chi connectivity index (χ1v) is 6.67. The van der Waals surface area contributed by atoms with Crippen LogP contribution in [0.3, 0.4) is 0 Å². The lowest BCUT2D eigenvalue weighted by molar-refractivity contribution is -0.0337. The van der Waals surface area contributed by atoms with Crippen LogP contribution in [-0.4, -0.2) is 49.5 Å². The Labute approximate surface area is 99.8 Å². The van der Waals surface area contributed by atoms with Crippen LogP contribution in [0.2, 0.25) is 0 Å². The van der Waals surface area contributed by atoms with E-state index in [0.29, 0.717) is 6.61 Å². The molecule has 1 N–H and O–H groups in total. The van der Waals surface area contributed by atoms with Gasteiger partial charge in [0.05, 0.1) is 6.61 Å². The SMILES string of the molecule is CCCCN(CC)CC1(CO)CCOCC1. The fourth-order valence-electron chi connectivity index (χ4n) is 2.38. The standard InChI is InChI=1S/C13H27NO2/c1-3-5-8-14(4-2)11-13(12-15)6-9-16-10-7-13/h15H,3-12H2,1-2H3. The topological polar surface area (TPSA) is 32.7 Å². The molecule has 3 heteroatoms. The summed E-state index contributed by atoms with van der Waals surface area (Å²) in [5.74, 6) is 0. The van der Waals surface area contributed by atoms with Crippen molar-refractivity contribution in [3.05, 3.63) is 0 Å². The number of unbranched alkanes of at least 4 members (excludes halogenated alkanes) is 1. The van der Waals surface area contributed by atoms with Crippen molar-refractivity contribution in [3.8, 4) is 0 Å². The van der Waals surface area contributed by atoms with Crippen LogP contribution in [0.1, 0.15) is 39.5 Å². The van der Waals surface area contributed by atoms with E-state index in [0.717, 1.165) is 45.7 Å². The van der Waals surface area contributed by atoms with Gasteiger partial charge in [-0.15, -0.1) is 0 Å². The highest BCUT2D eigenvalue weighted by atomic mass is 16.5. The lowest BCUT2D eigenvalue weighted by Crippen LogP contribution is -2.44. The smallest absolute Gasteiger partial charge is 0.0501 e. The van der Waals surface area contributed by atoms with Crippen molar-refractivity contribution in [1.29, 1.82) is 0 Å². The van der Waals surface area contributed by atoms with Gasteiger partial charge in [-0.05, 0) is 32.4 Å². The van der Waals surface area contributed by atoms with Gasteiger partial charge in [0.15, 0.2) is 0 Å². The average molecular weight is 229 g/mol. The van der Waals surface area contributed by atoms with Gasteiger partial charge < -0.3 is 14.7 Å². The van der Waals surface area contributed by atoms with Gasteiger partial charge in [-0.25, -0.2) is 0 Å². The number of aliphatic hydroxyl groups excluding tert-OH is 1. The minimum absolute atomic E-state index is 0.0992. The highest BCUT2D eigenvalue weighted by Crippen LogP contribution is 2.30. The molecule has 0 aliphatic carbocycles. The number of hydrogen-bond donors (Lipinski definition) is 1. The molecule has 0 aromatic rings. The molecule has 0 spiro atoms. The summed E-state index contributed by atoms with van der Waals surface area (Å²) in [5, 5.41) is 9.63. The van der Waals surface area contributed by atoms with Crippen molar-refractivity contribution in [1.82, 2.24) is 4.90 Å². The molecule has 0 unspecified atom stereocenters. The number of hydrogen-bond acceptors (Lipinski definition) is 3. The van der Waals surface area contributed by atoms with Crippen LogP contribution in [0.4, 0.5) is 0 Å². The van der Waals surface area contributed by atoms with Gasteiger partial charge in [0.25, 0.3) is 0 Å². The maximum absolute atomic E-state index is 9.63. The molecule has 1 heterocycles. The van der Waals surface area contributed by atoms with Crippen LogP contribution in [-0.2, 0) is 4.74 Å². The fraction of sp³-hybridized carbons (Fsp3) is 1.00. The van der Waals surface area contributed by atoms with Crippen molar-refractivity contribution < 1.29 is 9.84 Å². The van der Waals surface area contributed by atoms with Gasteiger partial charge in [-0.1, -0.05) is 20.3 Å². The first-order valence-electron chi connectivity index (χ1n) is 6.67. The molecule has 1 fully saturated rings. The zero-order chi connectivity index (χ0) is 11.9. The summed E-state index contributed by atoms with van der Waals surface area (Å²) in [6.45, 7) is 9.64. The van der Waals surface area contributed by atoms with Crippen molar-refractivity contribution in [2.75, 3.05) is 39.5 Å². The summed E-state index contributed by atoms with van der Waals surface area (Å²) >= 11 is 0. The van der Waals surface area contributed by atoms with Crippen molar-refractivity contribution in [2.24, 2.45) is 5.41 Å². The molecule has 1 rings (SSSR count). The number of ether oxygens (including phenoxy) is 1. The second-order valence-corrected chi connectivity index (χ2v) is 4.99. The molecule has 0 amide bonds. The van der Waals surface area contributed by atoms with Gasteiger partial charge in [0.1, 0.15) is 0 Å². The second-order valence-electron chi connectivity index (χ2n) is 4.99. The van der Waals surface area contributed by atoms with E-state index in [2.05, 4.69) is 18.7 Å². The Morgan fingerprint density at radius 1 is 1.25 bits per heavy atom. The molecule has 96 valence electrons. The van der Waals surface area contributed by atoms with E-state index in [1.807, 2.05) is 0 Å². The minimum Gasteiger partial charge on any atom is -0.396 e. The van der Waals surface area contributed by atoms with Crippen LogP contribution in [0.5, 0.6) is 0 Å². The van der Waals surface area contributed by atoms with Gasteiger partial charge in [-0.3, -0.25) is 0 Å². The Morgan fingerprint density at radius 3 is 2.44 bits per heavy atom. The monoisotopic (exact) mass is 229 g/mol. The van der Waals surface area contributed by atoms with Gasteiger partial charge in [-0.2, -0.15) is 0 Å². The zero-order valence-corrected chi connectivity index (χ0v) is 10.9. The Morgan fingerprint density at radius 2 is 1.94 bits per heavy atom.